The fourth-order valence-corrected chi connectivity index (χ4v) is 4.06. The molecule has 0 spiro atoms. The van der Waals surface area contributed by atoms with Crippen molar-refractivity contribution in [3.63, 3.8) is 0 Å². The molecule has 2 rings (SSSR count). The first kappa shape index (κ1) is 10.4. The molecule has 2 saturated heterocycles. The van der Waals surface area contributed by atoms with Crippen molar-refractivity contribution in [3.8, 4) is 0 Å². The summed E-state index contributed by atoms with van der Waals surface area (Å²) in [6.45, 7) is 5.73. The Morgan fingerprint density at radius 1 is 1.50 bits per heavy atom. The van der Waals surface area contributed by atoms with Crippen molar-refractivity contribution in [2.45, 2.75) is 56.7 Å². The first-order chi connectivity index (χ1) is 6.38. The van der Waals surface area contributed by atoms with Crippen LogP contribution in [0, 0.1) is 0 Å². The van der Waals surface area contributed by atoms with Gasteiger partial charge in [0.2, 0.25) is 0 Å². The van der Waals surface area contributed by atoms with Gasteiger partial charge in [-0.05, 0) is 26.7 Å². The highest BCUT2D eigenvalue weighted by Crippen LogP contribution is 2.43. The summed E-state index contributed by atoms with van der Waals surface area (Å²) >= 11 is 0. The molecule has 0 N–H and O–H groups in total. The molecule has 4 nitrogen and oxygen atoms in total. The normalized spacial score (nSPS) is 50.6. The second kappa shape index (κ2) is 2.93. The SMILES string of the molecule is CCC1(C)CC2C(O1)C(C)OS2(=O)=O. The first-order valence-corrected chi connectivity index (χ1v) is 6.45. The molecule has 0 saturated carbocycles. The van der Waals surface area contributed by atoms with Gasteiger partial charge in [-0.2, -0.15) is 8.42 Å². The maximum atomic E-state index is 11.6. The predicted octanol–water partition coefficient (Wildman–Crippen LogP) is 1.06. The Hall–Kier alpha value is -0.130. The Labute approximate surface area is 84.7 Å². The molecule has 82 valence electrons. The summed E-state index contributed by atoms with van der Waals surface area (Å²) in [6.07, 6.45) is 0.784. The highest BCUT2D eigenvalue weighted by molar-refractivity contribution is 7.87. The zero-order chi connectivity index (χ0) is 10.6. The summed E-state index contributed by atoms with van der Waals surface area (Å²) < 4.78 is 33.8. The van der Waals surface area contributed by atoms with Crippen LogP contribution in [0.25, 0.3) is 0 Å². The van der Waals surface area contributed by atoms with Crippen molar-refractivity contribution in [3.05, 3.63) is 0 Å². The van der Waals surface area contributed by atoms with E-state index in [1.807, 2.05) is 13.8 Å². The third-order valence-electron chi connectivity index (χ3n) is 3.29. The smallest absolute Gasteiger partial charge is 0.273 e. The zero-order valence-electron chi connectivity index (χ0n) is 8.69. The van der Waals surface area contributed by atoms with Crippen LogP contribution in [0.2, 0.25) is 0 Å². The van der Waals surface area contributed by atoms with E-state index in [1.54, 1.807) is 6.92 Å². The first-order valence-electron chi connectivity index (χ1n) is 4.98. The minimum Gasteiger partial charge on any atom is -0.368 e. The highest BCUT2D eigenvalue weighted by Gasteiger charge is 2.56. The minimum absolute atomic E-state index is 0.273. The van der Waals surface area contributed by atoms with Gasteiger partial charge in [0.25, 0.3) is 10.1 Å². The van der Waals surface area contributed by atoms with Crippen molar-refractivity contribution in [2.75, 3.05) is 0 Å². The van der Waals surface area contributed by atoms with E-state index >= 15 is 0 Å². The number of hydrogen-bond acceptors (Lipinski definition) is 4. The number of fused-ring (bicyclic) bond motifs is 1. The molecule has 2 heterocycles. The average molecular weight is 220 g/mol. The van der Waals surface area contributed by atoms with E-state index in [-0.39, 0.29) is 17.8 Å². The molecule has 2 fully saturated rings. The van der Waals surface area contributed by atoms with Gasteiger partial charge in [0, 0.05) is 0 Å². The molecule has 2 aliphatic rings. The molecular weight excluding hydrogens is 204 g/mol. The topological polar surface area (TPSA) is 52.6 Å². The van der Waals surface area contributed by atoms with Gasteiger partial charge in [-0.15, -0.1) is 0 Å². The van der Waals surface area contributed by atoms with Gasteiger partial charge in [0.05, 0.1) is 5.60 Å². The molecule has 14 heavy (non-hydrogen) atoms. The quantitative estimate of drug-likeness (QED) is 0.620. The lowest BCUT2D eigenvalue weighted by atomic mass is 9.99. The molecule has 4 atom stereocenters. The van der Waals surface area contributed by atoms with Crippen LogP contribution in [0.15, 0.2) is 0 Å². The maximum absolute atomic E-state index is 11.6. The van der Waals surface area contributed by atoms with Gasteiger partial charge in [-0.25, -0.2) is 0 Å². The van der Waals surface area contributed by atoms with Crippen molar-refractivity contribution >= 4 is 10.1 Å². The summed E-state index contributed by atoms with van der Waals surface area (Å²) in [5.74, 6) is 0. The summed E-state index contributed by atoms with van der Waals surface area (Å²) in [4.78, 5) is 0. The predicted molar refractivity (Wildman–Crippen MR) is 51.4 cm³/mol. The van der Waals surface area contributed by atoms with E-state index in [0.717, 1.165) is 6.42 Å². The molecule has 4 unspecified atom stereocenters. The lowest BCUT2D eigenvalue weighted by Crippen LogP contribution is -2.28. The second-order valence-electron chi connectivity index (χ2n) is 4.42. The Morgan fingerprint density at radius 2 is 2.14 bits per heavy atom. The molecule has 0 aromatic rings. The van der Waals surface area contributed by atoms with Crippen molar-refractivity contribution in [1.82, 2.24) is 0 Å². The number of hydrogen-bond donors (Lipinski definition) is 0. The van der Waals surface area contributed by atoms with E-state index in [1.165, 1.54) is 0 Å². The van der Waals surface area contributed by atoms with E-state index in [9.17, 15) is 8.42 Å². The van der Waals surface area contributed by atoms with E-state index in [2.05, 4.69) is 0 Å². The van der Waals surface area contributed by atoms with E-state index in [4.69, 9.17) is 8.92 Å². The van der Waals surface area contributed by atoms with Crippen molar-refractivity contribution < 1.29 is 17.3 Å². The molecule has 0 bridgehead atoms. The molecule has 0 radical (unpaired) electrons. The van der Waals surface area contributed by atoms with Gasteiger partial charge in [0.1, 0.15) is 17.5 Å². The van der Waals surface area contributed by atoms with Crippen LogP contribution in [0.1, 0.15) is 33.6 Å². The maximum Gasteiger partial charge on any atom is 0.273 e. The van der Waals surface area contributed by atoms with Gasteiger partial charge in [-0.1, -0.05) is 6.92 Å². The standard InChI is InChI=1S/C9H16O4S/c1-4-9(3)5-7-8(12-9)6(2)13-14(7,10)11/h6-8H,4-5H2,1-3H3. The Balaban J connectivity index is 2.29. The zero-order valence-corrected chi connectivity index (χ0v) is 9.50. The largest absolute Gasteiger partial charge is 0.368 e. The number of rotatable bonds is 1. The summed E-state index contributed by atoms with van der Waals surface area (Å²) in [7, 11) is -3.38. The Morgan fingerprint density at radius 3 is 2.64 bits per heavy atom. The van der Waals surface area contributed by atoms with Gasteiger partial charge >= 0.3 is 0 Å². The van der Waals surface area contributed by atoms with Crippen LogP contribution in [0.5, 0.6) is 0 Å². The number of ether oxygens (including phenoxy) is 1. The molecule has 0 aromatic heterocycles. The molecule has 2 aliphatic heterocycles. The van der Waals surface area contributed by atoms with Gasteiger partial charge in [-0.3, -0.25) is 4.18 Å². The highest BCUT2D eigenvalue weighted by atomic mass is 32.2. The molecule has 0 aliphatic carbocycles. The average Bonchev–Trinajstić information content (AvgIpc) is 2.52. The second-order valence-corrected chi connectivity index (χ2v) is 6.21. The monoisotopic (exact) mass is 220 g/mol. The lowest BCUT2D eigenvalue weighted by Gasteiger charge is -2.24. The van der Waals surface area contributed by atoms with Crippen LogP contribution < -0.4 is 0 Å². The summed E-state index contributed by atoms with van der Waals surface area (Å²) in [5.41, 5.74) is -0.291. The third-order valence-corrected chi connectivity index (χ3v) is 5.04. The van der Waals surface area contributed by atoms with Crippen LogP contribution in [0.4, 0.5) is 0 Å². The van der Waals surface area contributed by atoms with Crippen molar-refractivity contribution in [2.24, 2.45) is 0 Å². The van der Waals surface area contributed by atoms with Crippen molar-refractivity contribution in [1.29, 1.82) is 0 Å². The van der Waals surface area contributed by atoms with E-state index < -0.39 is 15.4 Å². The fourth-order valence-electron chi connectivity index (χ4n) is 2.22. The third kappa shape index (κ3) is 1.38. The molecule has 5 heteroatoms. The van der Waals surface area contributed by atoms with Gasteiger partial charge in [0.15, 0.2) is 0 Å². The van der Waals surface area contributed by atoms with Crippen LogP contribution in [0.3, 0.4) is 0 Å². The van der Waals surface area contributed by atoms with Crippen LogP contribution >= 0.6 is 0 Å². The molecule has 0 amide bonds. The fraction of sp³-hybridized carbons (Fsp3) is 1.00. The van der Waals surface area contributed by atoms with Gasteiger partial charge < -0.3 is 4.74 Å². The van der Waals surface area contributed by atoms with Crippen LogP contribution in [-0.4, -0.2) is 31.5 Å². The Bertz CT molecular complexity index is 337. The molecular formula is C9H16O4S. The molecule has 0 aromatic carbocycles. The minimum atomic E-state index is -3.38. The van der Waals surface area contributed by atoms with Crippen LogP contribution in [-0.2, 0) is 19.0 Å². The Kier molecular flexibility index (Phi) is 2.18. The summed E-state index contributed by atoms with van der Waals surface area (Å²) in [6, 6.07) is 0. The van der Waals surface area contributed by atoms with E-state index in [0.29, 0.717) is 6.42 Å². The summed E-state index contributed by atoms with van der Waals surface area (Å²) in [5, 5.41) is -0.456. The lowest BCUT2D eigenvalue weighted by molar-refractivity contribution is -0.0595.